The fourth-order valence-corrected chi connectivity index (χ4v) is 1.68. The Labute approximate surface area is 133 Å². The van der Waals surface area contributed by atoms with E-state index in [0.717, 1.165) is 0 Å². The number of hydrogen-bond acceptors (Lipinski definition) is 4. The minimum atomic E-state index is -1.04. The van der Waals surface area contributed by atoms with Crippen molar-refractivity contribution in [2.75, 3.05) is 18.4 Å². The fraction of sp³-hybridized carbons (Fsp3) is 0.333. The van der Waals surface area contributed by atoms with Crippen LogP contribution in [0.25, 0.3) is 0 Å². The second kappa shape index (κ2) is 9.19. The molecule has 0 radical (unpaired) electrons. The van der Waals surface area contributed by atoms with E-state index in [1.54, 1.807) is 0 Å². The first-order valence-electron chi connectivity index (χ1n) is 7.03. The van der Waals surface area contributed by atoms with Crippen molar-refractivity contribution in [1.29, 1.82) is 0 Å². The minimum Gasteiger partial charge on any atom is -0.478 e. The molecule has 0 atom stereocenters. The Balaban J connectivity index is 2.27. The van der Waals surface area contributed by atoms with E-state index in [0.29, 0.717) is 18.8 Å². The molecule has 0 spiro atoms. The van der Waals surface area contributed by atoms with Gasteiger partial charge in [-0.2, -0.15) is 0 Å². The molecular weight excluding hydrogens is 302 g/mol. The lowest BCUT2D eigenvalue weighted by molar-refractivity contribution is -0.124. The van der Waals surface area contributed by atoms with Crippen molar-refractivity contribution in [3.05, 3.63) is 29.8 Å². The summed E-state index contributed by atoms with van der Waals surface area (Å²) in [7, 11) is 0. The highest BCUT2D eigenvalue weighted by Crippen LogP contribution is 2.10. The highest BCUT2D eigenvalue weighted by Gasteiger charge is 2.08. The van der Waals surface area contributed by atoms with E-state index >= 15 is 0 Å². The van der Waals surface area contributed by atoms with Gasteiger partial charge in [0, 0.05) is 38.5 Å². The third kappa shape index (κ3) is 7.60. The van der Waals surface area contributed by atoms with Crippen LogP contribution in [0.3, 0.4) is 0 Å². The van der Waals surface area contributed by atoms with Crippen molar-refractivity contribution in [3.8, 4) is 0 Å². The van der Waals surface area contributed by atoms with Gasteiger partial charge >= 0.3 is 5.97 Å². The molecule has 0 heterocycles. The molecule has 0 bridgehead atoms. The average Bonchev–Trinajstić information content (AvgIpc) is 2.50. The first-order chi connectivity index (χ1) is 10.9. The lowest BCUT2D eigenvalue weighted by atomic mass is 10.2. The summed E-state index contributed by atoms with van der Waals surface area (Å²) in [6, 6.07) is 5.73. The Kier molecular flexibility index (Phi) is 7.25. The number of aromatic carboxylic acids is 1. The average molecular weight is 321 g/mol. The topological polar surface area (TPSA) is 125 Å². The molecule has 1 rings (SSSR count). The Morgan fingerprint density at radius 1 is 0.913 bits per heavy atom. The molecule has 3 amide bonds. The molecule has 0 aromatic heterocycles. The molecule has 8 heteroatoms. The summed E-state index contributed by atoms with van der Waals surface area (Å²) >= 11 is 0. The first kappa shape index (κ1) is 18.1. The summed E-state index contributed by atoms with van der Waals surface area (Å²) in [5.41, 5.74) is 0.590. The predicted molar refractivity (Wildman–Crippen MR) is 83.0 cm³/mol. The van der Waals surface area contributed by atoms with E-state index in [2.05, 4.69) is 16.0 Å². The second-order valence-electron chi connectivity index (χ2n) is 4.76. The fourth-order valence-electron chi connectivity index (χ4n) is 1.68. The van der Waals surface area contributed by atoms with Gasteiger partial charge in [-0.1, -0.05) is 0 Å². The summed E-state index contributed by atoms with van der Waals surface area (Å²) in [5, 5.41) is 16.5. The molecule has 0 aliphatic carbocycles. The third-order valence-corrected chi connectivity index (χ3v) is 2.82. The minimum absolute atomic E-state index is 0.00660. The van der Waals surface area contributed by atoms with Gasteiger partial charge in [0.05, 0.1) is 5.56 Å². The predicted octanol–water partition coefficient (Wildman–Crippen LogP) is 0.356. The van der Waals surface area contributed by atoms with E-state index in [9.17, 15) is 19.2 Å². The Bertz CT molecular complexity index is 583. The van der Waals surface area contributed by atoms with Crippen LogP contribution in [0.5, 0.6) is 0 Å². The summed E-state index contributed by atoms with van der Waals surface area (Å²) in [6.07, 6.45) is 0.0335. The molecule has 0 unspecified atom stereocenters. The number of carboxylic acids is 1. The van der Waals surface area contributed by atoms with Crippen LogP contribution < -0.4 is 16.0 Å². The number of carboxylic acid groups (broad SMARTS) is 1. The number of nitrogens with one attached hydrogen (secondary N) is 3. The van der Waals surface area contributed by atoms with Gasteiger partial charge in [0.15, 0.2) is 0 Å². The quantitative estimate of drug-likeness (QED) is 0.514. The SMILES string of the molecule is CC(=O)NCCNC(=O)CCC(=O)Nc1ccc(C(=O)O)cc1. The number of hydrogen-bond donors (Lipinski definition) is 4. The zero-order valence-corrected chi connectivity index (χ0v) is 12.7. The maximum Gasteiger partial charge on any atom is 0.335 e. The number of rotatable bonds is 8. The molecule has 0 saturated heterocycles. The van der Waals surface area contributed by atoms with Crippen molar-refractivity contribution in [2.24, 2.45) is 0 Å². The van der Waals surface area contributed by atoms with Crippen LogP contribution in [0.15, 0.2) is 24.3 Å². The van der Waals surface area contributed by atoms with Gasteiger partial charge in [0.1, 0.15) is 0 Å². The summed E-state index contributed by atoms with van der Waals surface area (Å²) in [5.74, 6) is -1.84. The number of amides is 3. The molecule has 1 aromatic rings. The maximum atomic E-state index is 11.7. The zero-order chi connectivity index (χ0) is 17.2. The van der Waals surface area contributed by atoms with Gasteiger partial charge < -0.3 is 21.1 Å². The number of benzene rings is 1. The molecule has 8 nitrogen and oxygen atoms in total. The second-order valence-corrected chi connectivity index (χ2v) is 4.76. The Hall–Kier alpha value is -2.90. The van der Waals surface area contributed by atoms with Crippen LogP contribution in [0, 0.1) is 0 Å². The first-order valence-corrected chi connectivity index (χ1v) is 7.03. The van der Waals surface area contributed by atoms with Gasteiger partial charge in [-0.05, 0) is 24.3 Å². The van der Waals surface area contributed by atoms with E-state index in [1.165, 1.54) is 31.2 Å². The van der Waals surface area contributed by atoms with Gasteiger partial charge in [0.2, 0.25) is 17.7 Å². The molecular formula is C15H19N3O5. The molecule has 0 aliphatic rings. The van der Waals surface area contributed by atoms with Gasteiger partial charge in [-0.15, -0.1) is 0 Å². The summed E-state index contributed by atoms with van der Waals surface area (Å²) in [4.78, 5) is 44.5. The number of anilines is 1. The standard InChI is InChI=1S/C15H19N3O5/c1-10(19)16-8-9-17-13(20)6-7-14(21)18-12-4-2-11(3-5-12)15(22)23/h2-5H,6-9H2,1H3,(H,16,19)(H,17,20)(H,18,21)(H,22,23). The summed E-state index contributed by atoms with van der Waals surface area (Å²) < 4.78 is 0. The van der Waals surface area contributed by atoms with Crippen LogP contribution in [-0.2, 0) is 14.4 Å². The van der Waals surface area contributed by atoms with Crippen molar-refractivity contribution in [1.82, 2.24) is 10.6 Å². The van der Waals surface area contributed by atoms with Crippen molar-refractivity contribution < 1.29 is 24.3 Å². The molecule has 0 saturated carbocycles. The molecule has 1 aromatic carbocycles. The van der Waals surface area contributed by atoms with Crippen molar-refractivity contribution in [2.45, 2.75) is 19.8 Å². The summed E-state index contributed by atoms with van der Waals surface area (Å²) in [6.45, 7) is 2.02. The molecule has 124 valence electrons. The van der Waals surface area contributed by atoms with Gasteiger partial charge in [-0.3, -0.25) is 14.4 Å². The largest absolute Gasteiger partial charge is 0.478 e. The van der Waals surface area contributed by atoms with Crippen molar-refractivity contribution >= 4 is 29.4 Å². The number of carbonyl (C=O) groups excluding carboxylic acids is 3. The Morgan fingerprint density at radius 3 is 2.04 bits per heavy atom. The third-order valence-electron chi connectivity index (χ3n) is 2.82. The lowest BCUT2D eigenvalue weighted by Crippen LogP contribution is -2.33. The van der Waals surface area contributed by atoms with Crippen LogP contribution in [-0.4, -0.2) is 41.9 Å². The molecule has 23 heavy (non-hydrogen) atoms. The van der Waals surface area contributed by atoms with Gasteiger partial charge in [0.25, 0.3) is 0 Å². The van der Waals surface area contributed by atoms with Crippen LogP contribution in [0.1, 0.15) is 30.1 Å². The van der Waals surface area contributed by atoms with Crippen LogP contribution >= 0.6 is 0 Å². The van der Waals surface area contributed by atoms with E-state index in [-0.39, 0.29) is 36.1 Å². The van der Waals surface area contributed by atoms with Gasteiger partial charge in [-0.25, -0.2) is 4.79 Å². The van der Waals surface area contributed by atoms with Crippen molar-refractivity contribution in [3.63, 3.8) is 0 Å². The molecule has 0 fully saturated rings. The lowest BCUT2D eigenvalue weighted by Gasteiger charge is -2.07. The van der Waals surface area contributed by atoms with E-state index in [1.807, 2.05) is 0 Å². The monoisotopic (exact) mass is 321 g/mol. The Morgan fingerprint density at radius 2 is 1.48 bits per heavy atom. The highest BCUT2D eigenvalue weighted by molar-refractivity contribution is 5.94. The molecule has 0 aliphatic heterocycles. The van der Waals surface area contributed by atoms with E-state index < -0.39 is 5.97 Å². The van der Waals surface area contributed by atoms with Crippen LogP contribution in [0.2, 0.25) is 0 Å². The smallest absolute Gasteiger partial charge is 0.335 e. The molecule has 4 N–H and O–H groups in total. The highest BCUT2D eigenvalue weighted by atomic mass is 16.4. The van der Waals surface area contributed by atoms with E-state index in [4.69, 9.17) is 5.11 Å². The zero-order valence-electron chi connectivity index (χ0n) is 12.7. The number of carbonyl (C=O) groups is 4. The maximum absolute atomic E-state index is 11.7. The van der Waals surface area contributed by atoms with Crippen LogP contribution in [0.4, 0.5) is 5.69 Å². The normalized spacial score (nSPS) is 9.78.